The molecule has 6 nitrogen and oxygen atoms in total. The largest absolute Gasteiger partial charge is 0.457 e. The van der Waals surface area contributed by atoms with Crippen LogP contribution in [0.1, 0.15) is 58.3 Å². The molecule has 6 heteroatoms. The van der Waals surface area contributed by atoms with Crippen LogP contribution in [0.15, 0.2) is 0 Å². The van der Waals surface area contributed by atoms with Gasteiger partial charge in [-0.2, -0.15) is 0 Å². The molecule has 0 bridgehead atoms. The average molecular weight is 318 g/mol. The smallest absolute Gasteiger partial charge is 0.306 e. The van der Waals surface area contributed by atoms with E-state index in [0.29, 0.717) is 0 Å². The van der Waals surface area contributed by atoms with Crippen LogP contribution < -0.4 is 0 Å². The molecule has 1 rings (SSSR count). The minimum Gasteiger partial charge on any atom is -0.457 e. The van der Waals surface area contributed by atoms with Gasteiger partial charge < -0.3 is 24.8 Å². The minimum atomic E-state index is -1.20. The van der Waals surface area contributed by atoms with Gasteiger partial charge in [-0.25, -0.2) is 0 Å². The molecule has 0 amide bonds. The number of aliphatic hydroxyl groups excluding tert-OH is 3. The summed E-state index contributed by atoms with van der Waals surface area (Å²) in [4.78, 5) is 11.8. The van der Waals surface area contributed by atoms with Crippen LogP contribution in [0.2, 0.25) is 0 Å². The van der Waals surface area contributed by atoms with E-state index in [1.807, 2.05) is 0 Å². The van der Waals surface area contributed by atoms with Crippen LogP contribution in [-0.4, -0.2) is 58.9 Å². The van der Waals surface area contributed by atoms with E-state index in [2.05, 4.69) is 6.92 Å². The van der Waals surface area contributed by atoms with Gasteiger partial charge in [-0.15, -0.1) is 0 Å². The average Bonchev–Trinajstić information content (AvgIpc) is 2.50. The molecule has 0 aliphatic carbocycles. The van der Waals surface area contributed by atoms with Crippen molar-refractivity contribution >= 4 is 5.97 Å². The summed E-state index contributed by atoms with van der Waals surface area (Å²) < 4.78 is 10.2. The minimum absolute atomic E-state index is 0.0579. The molecule has 0 radical (unpaired) electrons. The van der Waals surface area contributed by atoms with E-state index in [1.165, 1.54) is 25.7 Å². The lowest BCUT2D eigenvalue weighted by Gasteiger charge is -2.36. The molecule has 1 saturated heterocycles. The Morgan fingerprint density at radius 1 is 1.14 bits per heavy atom. The first-order chi connectivity index (χ1) is 10.6. The van der Waals surface area contributed by atoms with Gasteiger partial charge in [-0.1, -0.05) is 45.4 Å². The number of rotatable bonds is 10. The van der Waals surface area contributed by atoms with Crippen molar-refractivity contribution in [2.75, 3.05) is 13.2 Å². The van der Waals surface area contributed by atoms with Gasteiger partial charge in [0.2, 0.25) is 0 Å². The number of carbonyl (C=O) groups is 1. The molecule has 0 unspecified atom stereocenters. The number of hydrogen-bond acceptors (Lipinski definition) is 6. The van der Waals surface area contributed by atoms with Gasteiger partial charge in [-0.05, 0) is 6.42 Å². The SMILES string of the molecule is CCCCCCCCCC(=O)O[C@H]1[C@H](O)[C@@H](CO)OC[C@H]1O. The number of ether oxygens (including phenoxy) is 2. The fraction of sp³-hybridized carbons (Fsp3) is 0.938. The van der Waals surface area contributed by atoms with Gasteiger partial charge in [0, 0.05) is 6.42 Å². The van der Waals surface area contributed by atoms with E-state index in [1.54, 1.807) is 0 Å². The van der Waals surface area contributed by atoms with Crippen LogP contribution in [0.3, 0.4) is 0 Å². The lowest BCUT2D eigenvalue weighted by atomic mass is 10.0. The third kappa shape index (κ3) is 6.60. The standard InChI is InChI=1S/C16H30O6/c1-2-3-4-5-6-7-8-9-14(19)22-16-12(18)11-21-13(10-17)15(16)20/h12-13,15-18,20H,2-11H2,1H3/t12-,13-,15-,16-/m1/s1. The van der Waals surface area contributed by atoms with E-state index < -0.39 is 30.4 Å². The predicted octanol–water partition coefficient (Wildman–Crippen LogP) is 1.15. The maximum atomic E-state index is 11.8. The second-order valence-corrected chi connectivity index (χ2v) is 5.94. The monoisotopic (exact) mass is 318 g/mol. The number of hydrogen-bond donors (Lipinski definition) is 3. The Kier molecular flexibility index (Phi) is 9.63. The van der Waals surface area contributed by atoms with Crippen molar-refractivity contribution in [3.63, 3.8) is 0 Å². The van der Waals surface area contributed by atoms with E-state index >= 15 is 0 Å². The number of unbranched alkanes of at least 4 members (excludes halogenated alkanes) is 6. The van der Waals surface area contributed by atoms with E-state index in [-0.39, 0.29) is 19.6 Å². The van der Waals surface area contributed by atoms with Gasteiger partial charge >= 0.3 is 5.97 Å². The summed E-state index contributed by atoms with van der Waals surface area (Å²) in [5.74, 6) is -0.421. The highest BCUT2D eigenvalue weighted by atomic mass is 16.6. The zero-order valence-corrected chi connectivity index (χ0v) is 13.4. The molecule has 0 spiro atoms. The Morgan fingerprint density at radius 2 is 1.77 bits per heavy atom. The normalized spacial score (nSPS) is 28.5. The van der Waals surface area contributed by atoms with E-state index in [4.69, 9.17) is 14.6 Å². The third-order valence-corrected chi connectivity index (χ3v) is 4.01. The summed E-state index contributed by atoms with van der Waals surface area (Å²) in [5.41, 5.74) is 0. The van der Waals surface area contributed by atoms with Crippen LogP contribution in [0.5, 0.6) is 0 Å². The molecule has 22 heavy (non-hydrogen) atoms. The summed E-state index contributed by atoms with van der Waals surface area (Å²) in [7, 11) is 0. The Morgan fingerprint density at radius 3 is 2.41 bits per heavy atom. The molecular formula is C16H30O6. The van der Waals surface area contributed by atoms with Gasteiger partial charge in [0.15, 0.2) is 6.10 Å². The number of esters is 1. The van der Waals surface area contributed by atoms with Crippen LogP contribution >= 0.6 is 0 Å². The van der Waals surface area contributed by atoms with Gasteiger partial charge in [0.05, 0.1) is 13.2 Å². The van der Waals surface area contributed by atoms with Crippen molar-refractivity contribution in [3.8, 4) is 0 Å². The Bertz CT molecular complexity index is 309. The summed E-state index contributed by atoms with van der Waals surface area (Å²) >= 11 is 0. The molecule has 0 aromatic carbocycles. The van der Waals surface area contributed by atoms with Gasteiger partial charge in [-0.3, -0.25) is 4.79 Å². The molecule has 0 saturated carbocycles. The van der Waals surface area contributed by atoms with Crippen molar-refractivity contribution in [2.45, 2.75) is 82.7 Å². The summed E-state index contributed by atoms with van der Waals surface area (Å²) in [6, 6.07) is 0. The van der Waals surface area contributed by atoms with Crippen LogP contribution in [0.4, 0.5) is 0 Å². The molecule has 1 heterocycles. The second-order valence-electron chi connectivity index (χ2n) is 5.94. The predicted molar refractivity (Wildman–Crippen MR) is 81.3 cm³/mol. The van der Waals surface area contributed by atoms with Gasteiger partial charge in [0.25, 0.3) is 0 Å². The summed E-state index contributed by atoms with van der Waals surface area (Å²) in [5, 5.41) is 28.7. The molecule has 1 aliphatic heterocycles. The first-order valence-corrected chi connectivity index (χ1v) is 8.38. The Hall–Kier alpha value is -0.690. The van der Waals surface area contributed by atoms with E-state index in [9.17, 15) is 15.0 Å². The molecule has 4 atom stereocenters. The van der Waals surface area contributed by atoms with Crippen LogP contribution in [-0.2, 0) is 14.3 Å². The highest BCUT2D eigenvalue weighted by Crippen LogP contribution is 2.19. The lowest BCUT2D eigenvalue weighted by Crippen LogP contribution is -2.55. The molecule has 1 fully saturated rings. The van der Waals surface area contributed by atoms with Gasteiger partial charge in [0.1, 0.15) is 18.3 Å². The topological polar surface area (TPSA) is 96.2 Å². The quantitative estimate of drug-likeness (QED) is 0.413. The molecule has 3 N–H and O–H groups in total. The van der Waals surface area contributed by atoms with Crippen molar-refractivity contribution in [2.24, 2.45) is 0 Å². The van der Waals surface area contributed by atoms with Crippen LogP contribution in [0, 0.1) is 0 Å². The molecule has 130 valence electrons. The van der Waals surface area contributed by atoms with E-state index in [0.717, 1.165) is 19.3 Å². The van der Waals surface area contributed by atoms with Crippen molar-refractivity contribution in [1.82, 2.24) is 0 Å². The highest BCUT2D eigenvalue weighted by molar-refractivity contribution is 5.69. The summed E-state index contributed by atoms with van der Waals surface area (Å²) in [6.45, 7) is 1.74. The fourth-order valence-electron chi connectivity index (χ4n) is 2.60. The lowest BCUT2D eigenvalue weighted by molar-refractivity contribution is -0.213. The third-order valence-electron chi connectivity index (χ3n) is 4.01. The maximum Gasteiger partial charge on any atom is 0.306 e. The molecule has 0 aromatic rings. The Labute approximate surface area is 132 Å². The van der Waals surface area contributed by atoms with Crippen molar-refractivity contribution < 1.29 is 29.6 Å². The highest BCUT2D eigenvalue weighted by Gasteiger charge is 2.40. The molecule has 1 aliphatic rings. The fourth-order valence-corrected chi connectivity index (χ4v) is 2.60. The van der Waals surface area contributed by atoms with Crippen molar-refractivity contribution in [3.05, 3.63) is 0 Å². The molecular weight excluding hydrogens is 288 g/mol. The van der Waals surface area contributed by atoms with Crippen molar-refractivity contribution in [1.29, 1.82) is 0 Å². The zero-order chi connectivity index (χ0) is 16.4. The first kappa shape index (κ1) is 19.4. The maximum absolute atomic E-state index is 11.8. The number of carbonyl (C=O) groups excluding carboxylic acids is 1. The van der Waals surface area contributed by atoms with Crippen LogP contribution in [0.25, 0.3) is 0 Å². The zero-order valence-electron chi connectivity index (χ0n) is 13.4. The first-order valence-electron chi connectivity index (χ1n) is 8.38. The molecule has 0 aromatic heterocycles. The summed E-state index contributed by atoms with van der Waals surface area (Å²) in [6.07, 6.45) is 3.94. The number of aliphatic hydroxyl groups is 3. The second kappa shape index (κ2) is 10.9. The Balaban J connectivity index is 2.20.